The summed E-state index contributed by atoms with van der Waals surface area (Å²) in [7, 11) is 0. The van der Waals surface area contributed by atoms with Gasteiger partial charge in [0.1, 0.15) is 0 Å². The Hall–Kier alpha value is -3.68. The van der Waals surface area contributed by atoms with Gasteiger partial charge in [-0.2, -0.15) is 0 Å². The summed E-state index contributed by atoms with van der Waals surface area (Å²) in [6.45, 7) is 13.9. The molecule has 0 aliphatic rings. The van der Waals surface area contributed by atoms with Crippen LogP contribution in [0.5, 0.6) is 23.0 Å². The van der Waals surface area contributed by atoms with E-state index in [2.05, 4.69) is 20.8 Å². The van der Waals surface area contributed by atoms with Gasteiger partial charge in [-0.15, -0.1) is 0 Å². The Bertz CT molecular complexity index is 1130. The van der Waals surface area contributed by atoms with Crippen molar-refractivity contribution in [2.24, 2.45) is 11.8 Å². The molecule has 0 heterocycles. The smallest absolute Gasteiger partial charge is 0.311 e. The molecule has 0 radical (unpaired) electrons. The zero-order chi connectivity index (χ0) is 31.2. The van der Waals surface area contributed by atoms with E-state index in [-0.39, 0.29) is 66.4 Å². The minimum atomic E-state index is -0.417. The van der Waals surface area contributed by atoms with E-state index in [9.17, 15) is 19.2 Å². The van der Waals surface area contributed by atoms with Crippen molar-refractivity contribution in [3.8, 4) is 23.0 Å². The van der Waals surface area contributed by atoms with Crippen molar-refractivity contribution in [3.63, 3.8) is 0 Å². The Labute approximate surface area is 250 Å². The molecule has 1 unspecified atom stereocenters. The van der Waals surface area contributed by atoms with Gasteiger partial charge in [0.15, 0.2) is 23.0 Å². The van der Waals surface area contributed by atoms with E-state index in [4.69, 9.17) is 18.9 Å². The fourth-order valence-electron chi connectivity index (χ4n) is 4.46. The molecule has 0 amide bonds. The summed E-state index contributed by atoms with van der Waals surface area (Å²) in [6.07, 6.45) is 3.43. The quantitative estimate of drug-likeness (QED) is 0.145. The lowest BCUT2D eigenvalue weighted by Gasteiger charge is -2.29. The van der Waals surface area contributed by atoms with Gasteiger partial charge in [0.05, 0.1) is 0 Å². The third-order valence-electron chi connectivity index (χ3n) is 6.94. The molecule has 230 valence electrons. The van der Waals surface area contributed by atoms with Crippen molar-refractivity contribution in [3.05, 3.63) is 47.5 Å². The average Bonchev–Trinajstić information content (AvgIpc) is 2.92. The first-order chi connectivity index (χ1) is 20.0. The molecule has 1 atom stereocenters. The van der Waals surface area contributed by atoms with E-state index in [0.29, 0.717) is 25.7 Å². The molecule has 0 N–H and O–H groups in total. The predicted octanol–water partition coefficient (Wildman–Crippen LogP) is 7.93. The molecule has 42 heavy (non-hydrogen) atoms. The number of hydrogen-bond acceptors (Lipinski definition) is 8. The van der Waals surface area contributed by atoms with Crippen molar-refractivity contribution in [1.82, 2.24) is 0 Å². The molecular weight excluding hydrogens is 536 g/mol. The lowest BCUT2D eigenvalue weighted by atomic mass is 9.76. The van der Waals surface area contributed by atoms with E-state index < -0.39 is 23.9 Å². The van der Waals surface area contributed by atoms with Crippen LogP contribution in [0.3, 0.4) is 0 Å². The molecule has 0 aliphatic heterocycles. The lowest BCUT2D eigenvalue weighted by Crippen LogP contribution is -2.18. The van der Waals surface area contributed by atoms with Crippen molar-refractivity contribution < 1.29 is 38.1 Å². The number of ether oxygens (including phenoxy) is 4. The summed E-state index contributed by atoms with van der Waals surface area (Å²) in [5, 5.41) is 0. The second-order valence-corrected chi connectivity index (χ2v) is 10.9. The highest BCUT2D eigenvalue weighted by molar-refractivity contribution is 5.77. The molecular formula is C34H46O8. The minimum Gasteiger partial charge on any atom is -0.423 e. The van der Waals surface area contributed by atoms with Crippen LogP contribution >= 0.6 is 0 Å². The third kappa shape index (κ3) is 10.3. The molecule has 0 aromatic heterocycles. The Morgan fingerprint density at radius 2 is 0.833 bits per heavy atom. The maximum Gasteiger partial charge on any atom is 0.311 e. The van der Waals surface area contributed by atoms with Gasteiger partial charge in [0, 0.05) is 31.6 Å². The van der Waals surface area contributed by atoms with Crippen LogP contribution in [0.1, 0.15) is 117 Å². The Morgan fingerprint density at radius 1 is 0.524 bits per heavy atom. The van der Waals surface area contributed by atoms with Crippen LogP contribution in [0, 0.1) is 11.8 Å². The van der Waals surface area contributed by atoms with Crippen LogP contribution in [-0.2, 0) is 19.2 Å². The first kappa shape index (κ1) is 34.5. The molecule has 8 nitrogen and oxygen atoms in total. The predicted molar refractivity (Wildman–Crippen MR) is 161 cm³/mol. The largest absolute Gasteiger partial charge is 0.423 e. The normalized spacial score (nSPS) is 11.7. The van der Waals surface area contributed by atoms with Crippen LogP contribution in [0.25, 0.3) is 0 Å². The summed E-state index contributed by atoms with van der Waals surface area (Å²) in [5.74, 6) is -0.811. The first-order valence-corrected chi connectivity index (χ1v) is 15.1. The van der Waals surface area contributed by atoms with Gasteiger partial charge in [-0.05, 0) is 72.9 Å². The average molecular weight is 583 g/mol. The Balaban J connectivity index is 2.66. The summed E-state index contributed by atoms with van der Waals surface area (Å²) in [4.78, 5) is 49.6. The highest BCUT2D eigenvalue weighted by atomic mass is 16.6. The summed E-state index contributed by atoms with van der Waals surface area (Å²) in [6, 6.07) is 10.5. The van der Waals surface area contributed by atoms with Gasteiger partial charge in [-0.1, -0.05) is 60.6 Å². The van der Waals surface area contributed by atoms with Crippen molar-refractivity contribution in [1.29, 1.82) is 0 Å². The summed E-state index contributed by atoms with van der Waals surface area (Å²) >= 11 is 0. The maximum absolute atomic E-state index is 12.5. The standard InChI is InChI=1S/C34H46O8/c1-8-12-30(35)39-26-18-16-24(20-28(26)41-32(37)14-10-3)34(23(7)22(5)6)25-17-19-27(40-31(36)13-9-2)29(21-25)42-33(38)15-11-4/h16-23,34H,8-15H2,1-7H3. The summed E-state index contributed by atoms with van der Waals surface area (Å²) in [5.41, 5.74) is 1.65. The molecule has 8 heteroatoms. The maximum atomic E-state index is 12.5. The SMILES string of the molecule is CCCC(=O)Oc1ccc(C(c2ccc(OC(=O)CCC)c(OC(=O)CCC)c2)C(C)C(C)C)cc1OC(=O)CCC. The van der Waals surface area contributed by atoms with E-state index in [1.807, 2.05) is 39.8 Å². The van der Waals surface area contributed by atoms with Crippen molar-refractivity contribution in [2.75, 3.05) is 0 Å². The molecule has 0 fully saturated rings. The molecule has 2 rings (SSSR count). The van der Waals surface area contributed by atoms with Gasteiger partial charge >= 0.3 is 23.9 Å². The molecule has 0 saturated carbocycles. The highest BCUT2D eigenvalue weighted by Gasteiger charge is 2.28. The third-order valence-corrected chi connectivity index (χ3v) is 6.94. The number of carbonyl (C=O) groups excluding carboxylic acids is 4. The van der Waals surface area contributed by atoms with Gasteiger partial charge in [-0.25, -0.2) is 0 Å². The fraction of sp³-hybridized carbons (Fsp3) is 0.529. The zero-order valence-corrected chi connectivity index (χ0v) is 26.1. The van der Waals surface area contributed by atoms with Crippen LogP contribution in [0.15, 0.2) is 36.4 Å². The summed E-state index contributed by atoms with van der Waals surface area (Å²) < 4.78 is 22.5. The fourth-order valence-corrected chi connectivity index (χ4v) is 4.46. The van der Waals surface area contributed by atoms with Crippen LogP contribution in [0.4, 0.5) is 0 Å². The van der Waals surface area contributed by atoms with Gasteiger partial charge in [0.2, 0.25) is 0 Å². The second kappa shape index (κ2) is 17.3. The van der Waals surface area contributed by atoms with Gasteiger partial charge in [-0.3, -0.25) is 19.2 Å². The zero-order valence-electron chi connectivity index (χ0n) is 26.1. The molecule has 2 aromatic carbocycles. The van der Waals surface area contributed by atoms with Crippen molar-refractivity contribution >= 4 is 23.9 Å². The number of rotatable bonds is 16. The lowest BCUT2D eigenvalue weighted by molar-refractivity contribution is -0.137. The second-order valence-electron chi connectivity index (χ2n) is 10.9. The molecule has 0 saturated heterocycles. The molecule has 2 aromatic rings. The topological polar surface area (TPSA) is 105 Å². The number of carbonyl (C=O) groups is 4. The van der Waals surface area contributed by atoms with Crippen LogP contribution < -0.4 is 18.9 Å². The van der Waals surface area contributed by atoms with Gasteiger partial charge in [0.25, 0.3) is 0 Å². The van der Waals surface area contributed by atoms with Crippen LogP contribution in [-0.4, -0.2) is 23.9 Å². The first-order valence-electron chi connectivity index (χ1n) is 15.1. The number of hydrogen-bond donors (Lipinski definition) is 0. The molecule has 0 aliphatic carbocycles. The van der Waals surface area contributed by atoms with E-state index in [1.54, 1.807) is 24.3 Å². The van der Waals surface area contributed by atoms with E-state index in [0.717, 1.165) is 11.1 Å². The van der Waals surface area contributed by atoms with Crippen molar-refractivity contribution in [2.45, 2.75) is 106 Å². The number of benzene rings is 2. The van der Waals surface area contributed by atoms with E-state index in [1.165, 1.54) is 0 Å². The van der Waals surface area contributed by atoms with Crippen LogP contribution in [0.2, 0.25) is 0 Å². The molecule has 0 bridgehead atoms. The monoisotopic (exact) mass is 582 g/mol. The van der Waals surface area contributed by atoms with E-state index >= 15 is 0 Å². The Kier molecular flexibility index (Phi) is 14.2. The highest BCUT2D eigenvalue weighted by Crippen LogP contribution is 2.42. The molecule has 0 spiro atoms. The Morgan fingerprint density at radius 3 is 1.12 bits per heavy atom. The van der Waals surface area contributed by atoms with Gasteiger partial charge < -0.3 is 18.9 Å². The minimum absolute atomic E-state index is 0.0883. The number of esters is 4.